The summed E-state index contributed by atoms with van der Waals surface area (Å²) in [5, 5.41) is 4.04. The number of nitrogens with two attached hydrogens (primary N) is 1. The van der Waals surface area contributed by atoms with Gasteiger partial charge in [0.15, 0.2) is 0 Å². The minimum Gasteiger partial charge on any atom is -0.461 e. The standard InChI is InChI=1S/C14H15N3O3/c1-3-20-14(19)12-8-11(16-17(12)2)13(18)9-6-4-5-7-10(9)15/h4-8H,3,15H2,1-2H3. The molecule has 0 bridgehead atoms. The molecule has 0 saturated carbocycles. The fourth-order valence-corrected chi connectivity index (χ4v) is 1.82. The van der Waals surface area contributed by atoms with Crippen molar-refractivity contribution in [2.45, 2.75) is 6.92 Å². The Morgan fingerprint density at radius 2 is 2.05 bits per heavy atom. The van der Waals surface area contributed by atoms with Crippen LogP contribution in [0.3, 0.4) is 0 Å². The molecule has 0 aliphatic rings. The molecule has 0 radical (unpaired) electrons. The van der Waals surface area contributed by atoms with Gasteiger partial charge in [-0.05, 0) is 19.1 Å². The summed E-state index contributed by atoms with van der Waals surface area (Å²) >= 11 is 0. The number of ketones is 1. The predicted octanol–water partition coefficient (Wildman–Crippen LogP) is 1.41. The van der Waals surface area contributed by atoms with Crippen molar-refractivity contribution in [3.63, 3.8) is 0 Å². The third-order valence-electron chi connectivity index (χ3n) is 2.80. The number of rotatable bonds is 4. The number of ether oxygens (including phenoxy) is 1. The smallest absolute Gasteiger partial charge is 0.356 e. The second-order valence-corrected chi connectivity index (χ2v) is 4.18. The molecule has 0 fully saturated rings. The van der Waals surface area contributed by atoms with E-state index in [1.54, 1.807) is 38.2 Å². The van der Waals surface area contributed by atoms with Crippen LogP contribution in [0.25, 0.3) is 0 Å². The van der Waals surface area contributed by atoms with E-state index in [-0.39, 0.29) is 23.8 Å². The van der Waals surface area contributed by atoms with E-state index in [0.717, 1.165) is 0 Å². The highest BCUT2D eigenvalue weighted by molar-refractivity contribution is 6.11. The molecule has 0 unspecified atom stereocenters. The van der Waals surface area contributed by atoms with Gasteiger partial charge < -0.3 is 10.5 Å². The summed E-state index contributed by atoms with van der Waals surface area (Å²) < 4.78 is 6.22. The van der Waals surface area contributed by atoms with Gasteiger partial charge in [0, 0.05) is 24.4 Å². The topological polar surface area (TPSA) is 87.2 Å². The molecule has 0 saturated heterocycles. The van der Waals surface area contributed by atoms with Gasteiger partial charge in [-0.3, -0.25) is 9.48 Å². The Balaban J connectivity index is 2.35. The number of nitrogens with zero attached hydrogens (tertiary/aromatic N) is 2. The van der Waals surface area contributed by atoms with Crippen molar-refractivity contribution in [2.24, 2.45) is 7.05 Å². The van der Waals surface area contributed by atoms with Crippen molar-refractivity contribution in [2.75, 3.05) is 12.3 Å². The van der Waals surface area contributed by atoms with E-state index >= 15 is 0 Å². The van der Waals surface area contributed by atoms with Crippen molar-refractivity contribution >= 4 is 17.4 Å². The molecular formula is C14H15N3O3. The van der Waals surface area contributed by atoms with Crippen LogP contribution in [0, 0.1) is 0 Å². The molecule has 0 amide bonds. The number of benzene rings is 1. The molecule has 0 aliphatic carbocycles. The van der Waals surface area contributed by atoms with Gasteiger partial charge in [-0.25, -0.2) is 4.79 Å². The molecule has 2 N–H and O–H groups in total. The predicted molar refractivity (Wildman–Crippen MR) is 73.5 cm³/mol. The lowest BCUT2D eigenvalue weighted by Crippen LogP contribution is -2.10. The van der Waals surface area contributed by atoms with E-state index in [2.05, 4.69) is 5.10 Å². The van der Waals surface area contributed by atoms with Gasteiger partial charge >= 0.3 is 5.97 Å². The van der Waals surface area contributed by atoms with Crippen LogP contribution in [0.2, 0.25) is 0 Å². The van der Waals surface area contributed by atoms with Gasteiger partial charge in [0.1, 0.15) is 11.4 Å². The van der Waals surface area contributed by atoms with Crippen LogP contribution in [0.1, 0.15) is 33.5 Å². The van der Waals surface area contributed by atoms with Crippen LogP contribution in [0.5, 0.6) is 0 Å². The molecule has 1 aromatic heterocycles. The minimum atomic E-state index is -0.511. The van der Waals surface area contributed by atoms with Gasteiger partial charge in [0.2, 0.25) is 5.78 Å². The first-order valence-electron chi connectivity index (χ1n) is 6.15. The monoisotopic (exact) mass is 273 g/mol. The van der Waals surface area contributed by atoms with Gasteiger partial charge in [0.05, 0.1) is 6.61 Å². The Bertz CT molecular complexity index is 661. The summed E-state index contributed by atoms with van der Waals surface area (Å²) in [5.41, 5.74) is 6.89. The quantitative estimate of drug-likeness (QED) is 0.517. The number of carbonyl (C=O) groups excluding carboxylic acids is 2. The minimum absolute atomic E-state index is 0.161. The van der Waals surface area contributed by atoms with Gasteiger partial charge in [-0.1, -0.05) is 12.1 Å². The number of hydrogen-bond donors (Lipinski definition) is 1. The molecule has 6 heteroatoms. The van der Waals surface area contributed by atoms with E-state index < -0.39 is 5.97 Å². The van der Waals surface area contributed by atoms with E-state index in [4.69, 9.17) is 10.5 Å². The highest BCUT2D eigenvalue weighted by Gasteiger charge is 2.20. The maximum Gasteiger partial charge on any atom is 0.356 e. The number of aromatic nitrogens is 2. The first kappa shape index (κ1) is 13.8. The number of nitrogen functional groups attached to an aromatic ring is 1. The lowest BCUT2D eigenvalue weighted by molar-refractivity contribution is 0.0513. The van der Waals surface area contributed by atoms with Crippen molar-refractivity contribution in [3.8, 4) is 0 Å². The van der Waals surface area contributed by atoms with Gasteiger partial charge in [-0.15, -0.1) is 0 Å². The molecule has 1 aromatic carbocycles. The molecule has 2 aromatic rings. The molecular weight excluding hydrogens is 258 g/mol. The van der Waals surface area contributed by atoms with E-state index in [1.807, 2.05) is 0 Å². The Morgan fingerprint density at radius 3 is 2.70 bits per heavy atom. The second-order valence-electron chi connectivity index (χ2n) is 4.18. The van der Waals surface area contributed by atoms with Crippen LogP contribution < -0.4 is 5.73 Å². The van der Waals surface area contributed by atoms with E-state index in [1.165, 1.54) is 10.7 Å². The number of anilines is 1. The summed E-state index contributed by atoms with van der Waals surface area (Å²) in [6, 6.07) is 8.14. The Hall–Kier alpha value is -2.63. The van der Waals surface area contributed by atoms with Crippen LogP contribution in [-0.2, 0) is 11.8 Å². The van der Waals surface area contributed by atoms with Gasteiger partial charge in [0.25, 0.3) is 0 Å². The molecule has 104 valence electrons. The number of para-hydroxylation sites is 1. The fourth-order valence-electron chi connectivity index (χ4n) is 1.82. The largest absolute Gasteiger partial charge is 0.461 e. The molecule has 0 atom stereocenters. The Morgan fingerprint density at radius 1 is 1.35 bits per heavy atom. The highest BCUT2D eigenvalue weighted by Crippen LogP contribution is 2.16. The Kier molecular flexibility index (Phi) is 3.84. The third-order valence-corrected chi connectivity index (χ3v) is 2.80. The Labute approximate surface area is 116 Å². The molecule has 2 rings (SSSR count). The van der Waals surface area contributed by atoms with E-state index in [0.29, 0.717) is 11.3 Å². The summed E-state index contributed by atoms with van der Waals surface area (Å²) in [7, 11) is 1.58. The summed E-state index contributed by atoms with van der Waals surface area (Å²) in [6.07, 6.45) is 0. The van der Waals surface area contributed by atoms with Crippen molar-refractivity contribution < 1.29 is 14.3 Å². The summed E-state index contributed by atoms with van der Waals surface area (Å²) in [4.78, 5) is 24.0. The first-order chi connectivity index (χ1) is 9.54. The van der Waals surface area contributed by atoms with Gasteiger partial charge in [-0.2, -0.15) is 5.10 Å². The number of esters is 1. The highest BCUT2D eigenvalue weighted by atomic mass is 16.5. The average molecular weight is 273 g/mol. The normalized spacial score (nSPS) is 10.3. The van der Waals surface area contributed by atoms with Crippen molar-refractivity contribution in [1.29, 1.82) is 0 Å². The third kappa shape index (κ3) is 2.54. The average Bonchev–Trinajstić information content (AvgIpc) is 2.81. The van der Waals surface area contributed by atoms with Crippen molar-refractivity contribution in [3.05, 3.63) is 47.3 Å². The fraction of sp³-hybridized carbons (Fsp3) is 0.214. The van der Waals surface area contributed by atoms with E-state index in [9.17, 15) is 9.59 Å². The summed E-state index contributed by atoms with van der Waals surface area (Å²) in [6.45, 7) is 1.98. The van der Waals surface area contributed by atoms with Crippen LogP contribution >= 0.6 is 0 Å². The molecule has 20 heavy (non-hydrogen) atoms. The second kappa shape index (κ2) is 5.56. The lowest BCUT2D eigenvalue weighted by Gasteiger charge is -2.01. The number of hydrogen-bond acceptors (Lipinski definition) is 5. The maximum absolute atomic E-state index is 12.3. The zero-order valence-electron chi connectivity index (χ0n) is 11.3. The van der Waals surface area contributed by atoms with Crippen LogP contribution in [-0.4, -0.2) is 28.1 Å². The van der Waals surface area contributed by atoms with Crippen molar-refractivity contribution in [1.82, 2.24) is 9.78 Å². The molecule has 0 spiro atoms. The lowest BCUT2D eigenvalue weighted by atomic mass is 10.1. The zero-order chi connectivity index (χ0) is 14.7. The molecule has 1 heterocycles. The number of carbonyl (C=O) groups is 2. The van der Waals surface area contributed by atoms with Crippen LogP contribution in [0.15, 0.2) is 30.3 Å². The SMILES string of the molecule is CCOC(=O)c1cc(C(=O)c2ccccc2N)nn1C. The molecule has 0 aliphatic heterocycles. The first-order valence-corrected chi connectivity index (χ1v) is 6.15. The van der Waals surface area contributed by atoms with Crippen LogP contribution in [0.4, 0.5) is 5.69 Å². The molecule has 6 nitrogen and oxygen atoms in total. The maximum atomic E-state index is 12.3. The summed E-state index contributed by atoms with van der Waals surface area (Å²) in [5.74, 6) is -0.836. The zero-order valence-corrected chi connectivity index (χ0v) is 11.3. The number of aryl methyl sites for hydroxylation is 1.